The summed E-state index contributed by atoms with van der Waals surface area (Å²) in [6.07, 6.45) is 5.04. The summed E-state index contributed by atoms with van der Waals surface area (Å²) in [5.74, 6) is -0.118. The van der Waals surface area contributed by atoms with E-state index >= 15 is 0 Å². The van der Waals surface area contributed by atoms with Gasteiger partial charge in [0, 0.05) is 36.3 Å². The van der Waals surface area contributed by atoms with Crippen molar-refractivity contribution >= 4 is 45.1 Å². The van der Waals surface area contributed by atoms with Crippen LogP contribution in [-0.4, -0.2) is 30.6 Å². The van der Waals surface area contributed by atoms with Crippen molar-refractivity contribution in [2.45, 2.75) is 18.3 Å². The summed E-state index contributed by atoms with van der Waals surface area (Å²) in [5, 5.41) is 4.61. The molecule has 1 aliphatic rings. The van der Waals surface area contributed by atoms with Crippen molar-refractivity contribution in [3.05, 3.63) is 70.2 Å². The maximum atomic E-state index is 12.4. The molecule has 1 amide bonds. The highest BCUT2D eigenvalue weighted by Gasteiger charge is 2.34. The monoisotopic (exact) mass is 412 g/mol. The summed E-state index contributed by atoms with van der Waals surface area (Å²) >= 11 is 7.78. The molecule has 1 aliphatic heterocycles. The van der Waals surface area contributed by atoms with Crippen LogP contribution in [0.4, 0.5) is 0 Å². The van der Waals surface area contributed by atoms with Crippen LogP contribution in [0, 0.1) is 0 Å². The molecular formula is C22H21ClN2O2S. The van der Waals surface area contributed by atoms with Gasteiger partial charge in [-0.3, -0.25) is 4.79 Å². The van der Waals surface area contributed by atoms with E-state index in [2.05, 4.69) is 16.4 Å². The van der Waals surface area contributed by atoms with Gasteiger partial charge < -0.3 is 10.1 Å². The third-order valence-electron chi connectivity index (χ3n) is 5.18. The number of para-hydroxylation sites is 1. The maximum Gasteiger partial charge on any atom is 0.244 e. The molecule has 3 aromatic rings. The first-order chi connectivity index (χ1) is 13.6. The van der Waals surface area contributed by atoms with Gasteiger partial charge in [0.1, 0.15) is 5.01 Å². The first kappa shape index (κ1) is 19.1. The third-order valence-corrected chi connectivity index (χ3v) is 6.41. The Kier molecular flexibility index (Phi) is 5.76. The quantitative estimate of drug-likeness (QED) is 0.611. The fourth-order valence-corrected chi connectivity index (χ4v) is 4.63. The van der Waals surface area contributed by atoms with Crippen molar-refractivity contribution in [3.63, 3.8) is 0 Å². The first-order valence-corrected chi connectivity index (χ1v) is 10.5. The van der Waals surface area contributed by atoms with Crippen LogP contribution in [0.15, 0.2) is 54.6 Å². The van der Waals surface area contributed by atoms with Crippen molar-refractivity contribution in [1.29, 1.82) is 0 Å². The molecular weight excluding hydrogens is 392 g/mol. The normalized spacial score (nSPS) is 16.5. The average molecular weight is 413 g/mol. The highest BCUT2D eigenvalue weighted by Crippen LogP contribution is 2.35. The van der Waals surface area contributed by atoms with Crippen LogP contribution in [0.5, 0.6) is 0 Å². The lowest BCUT2D eigenvalue weighted by atomic mass is 9.74. The topological polar surface area (TPSA) is 51.2 Å². The second kappa shape index (κ2) is 8.43. The Morgan fingerprint density at radius 1 is 1.21 bits per heavy atom. The average Bonchev–Trinajstić information content (AvgIpc) is 3.14. The zero-order chi connectivity index (χ0) is 19.4. The smallest absolute Gasteiger partial charge is 0.244 e. The van der Waals surface area contributed by atoms with Crippen molar-refractivity contribution in [2.24, 2.45) is 0 Å². The van der Waals surface area contributed by atoms with Gasteiger partial charge in [-0.2, -0.15) is 0 Å². The second-order valence-corrected chi connectivity index (χ2v) is 8.47. The second-order valence-electron chi connectivity index (χ2n) is 6.97. The molecule has 28 heavy (non-hydrogen) atoms. The largest absolute Gasteiger partial charge is 0.381 e. The number of carbonyl (C=O) groups is 1. The van der Waals surface area contributed by atoms with Crippen molar-refractivity contribution in [2.75, 3.05) is 19.8 Å². The molecule has 1 aromatic heterocycles. The highest BCUT2D eigenvalue weighted by molar-refractivity contribution is 7.19. The molecule has 0 atom stereocenters. The zero-order valence-electron chi connectivity index (χ0n) is 15.4. The van der Waals surface area contributed by atoms with E-state index in [0.29, 0.717) is 24.8 Å². The van der Waals surface area contributed by atoms with Gasteiger partial charge in [-0.15, -0.1) is 11.3 Å². The predicted molar refractivity (Wildman–Crippen MR) is 115 cm³/mol. The summed E-state index contributed by atoms with van der Waals surface area (Å²) in [4.78, 5) is 17.0. The number of rotatable bonds is 5. The number of aromatic nitrogens is 1. The van der Waals surface area contributed by atoms with Gasteiger partial charge in [-0.25, -0.2) is 4.98 Å². The molecule has 0 unspecified atom stereocenters. The van der Waals surface area contributed by atoms with Crippen molar-refractivity contribution < 1.29 is 9.53 Å². The molecule has 1 N–H and O–H groups in total. The summed E-state index contributed by atoms with van der Waals surface area (Å²) in [7, 11) is 0. The Bertz CT molecular complexity index is 975. The van der Waals surface area contributed by atoms with Gasteiger partial charge >= 0.3 is 0 Å². The van der Waals surface area contributed by atoms with E-state index in [1.165, 1.54) is 0 Å². The van der Waals surface area contributed by atoms with Gasteiger partial charge in [0.2, 0.25) is 5.91 Å². The zero-order valence-corrected chi connectivity index (χ0v) is 16.9. The summed E-state index contributed by atoms with van der Waals surface area (Å²) < 4.78 is 6.67. The Balaban J connectivity index is 1.45. The molecule has 0 aliphatic carbocycles. The van der Waals surface area contributed by atoms with E-state index in [4.69, 9.17) is 16.3 Å². The lowest BCUT2D eigenvalue weighted by Crippen LogP contribution is -2.44. The highest BCUT2D eigenvalue weighted by atomic mass is 35.5. The Hall–Kier alpha value is -2.21. The van der Waals surface area contributed by atoms with Crippen LogP contribution < -0.4 is 5.32 Å². The van der Waals surface area contributed by atoms with Crippen LogP contribution in [0.1, 0.15) is 23.4 Å². The number of thiazole rings is 1. The van der Waals surface area contributed by atoms with Crippen molar-refractivity contribution in [3.8, 4) is 0 Å². The van der Waals surface area contributed by atoms with Gasteiger partial charge in [-0.1, -0.05) is 35.9 Å². The fraction of sp³-hybridized carbons (Fsp3) is 0.273. The molecule has 2 heterocycles. The number of nitrogens with zero attached hydrogens (tertiary/aromatic N) is 1. The summed E-state index contributed by atoms with van der Waals surface area (Å²) in [6.45, 7) is 1.92. The minimum absolute atomic E-state index is 0.118. The van der Waals surface area contributed by atoms with Gasteiger partial charge in [0.25, 0.3) is 0 Å². The molecule has 4 rings (SSSR count). The molecule has 0 spiro atoms. The van der Waals surface area contributed by atoms with Crippen LogP contribution in [-0.2, 0) is 14.9 Å². The summed E-state index contributed by atoms with van der Waals surface area (Å²) in [5.41, 5.74) is 1.95. The van der Waals surface area contributed by atoms with Gasteiger partial charge in [0.15, 0.2) is 0 Å². The number of nitrogens with one attached hydrogen (secondary N) is 1. The van der Waals surface area contributed by atoms with E-state index in [-0.39, 0.29) is 11.3 Å². The van der Waals surface area contributed by atoms with Crippen LogP contribution in [0.3, 0.4) is 0 Å². The number of benzene rings is 2. The molecule has 1 saturated heterocycles. The number of carbonyl (C=O) groups excluding carboxylic acids is 1. The molecule has 0 bridgehead atoms. The Morgan fingerprint density at radius 2 is 2.04 bits per heavy atom. The van der Waals surface area contributed by atoms with E-state index < -0.39 is 0 Å². The van der Waals surface area contributed by atoms with E-state index in [0.717, 1.165) is 33.6 Å². The van der Waals surface area contributed by atoms with E-state index in [1.807, 2.05) is 42.5 Å². The van der Waals surface area contributed by atoms with Crippen molar-refractivity contribution in [1.82, 2.24) is 10.3 Å². The molecule has 6 heteroatoms. The third kappa shape index (κ3) is 4.27. The summed E-state index contributed by atoms with van der Waals surface area (Å²) in [6, 6.07) is 15.9. The maximum absolute atomic E-state index is 12.4. The van der Waals surface area contributed by atoms with Gasteiger partial charge in [0.05, 0.1) is 10.2 Å². The van der Waals surface area contributed by atoms with E-state index in [9.17, 15) is 4.79 Å². The molecule has 144 valence electrons. The predicted octanol–water partition coefficient (Wildman–Crippen LogP) is 4.83. The molecule has 4 nitrogen and oxygen atoms in total. The fourth-order valence-electron chi connectivity index (χ4n) is 3.57. The minimum Gasteiger partial charge on any atom is -0.381 e. The number of halogens is 1. The molecule has 0 radical (unpaired) electrons. The van der Waals surface area contributed by atoms with Crippen LogP contribution >= 0.6 is 22.9 Å². The van der Waals surface area contributed by atoms with E-state index in [1.54, 1.807) is 23.5 Å². The standard InChI is InChI=1S/C22H21ClN2O2S/c23-17-5-3-4-16(14-17)22(10-12-27-13-11-22)15-24-20(26)8-9-21-25-18-6-1-2-7-19(18)28-21/h1-9,14H,10-13,15H2,(H,24,26)/b9-8+. The Labute approximate surface area is 173 Å². The molecule has 0 saturated carbocycles. The number of amides is 1. The van der Waals surface area contributed by atoms with Crippen LogP contribution in [0.25, 0.3) is 16.3 Å². The lowest BCUT2D eigenvalue weighted by Gasteiger charge is -2.38. The number of hydrogen-bond donors (Lipinski definition) is 1. The Morgan fingerprint density at radius 3 is 2.82 bits per heavy atom. The number of hydrogen-bond acceptors (Lipinski definition) is 4. The lowest BCUT2D eigenvalue weighted by molar-refractivity contribution is -0.116. The van der Waals surface area contributed by atoms with Gasteiger partial charge in [-0.05, 0) is 48.7 Å². The number of ether oxygens (including phenoxy) is 1. The SMILES string of the molecule is O=C(/C=C/c1nc2ccccc2s1)NCC1(c2cccc(Cl)c2)CCOCC1. The number of fused-ring (bicyclic) bond motifs is 1. The molecule has 1 fully saturated rings. The first-order valence-electron chi connectivity index (χ1n) is 9.30. The minimum atomic E-state index is -0.150. The molecule has 2 aromatic carbocycles. The van der Waals surface area contributed by atoms with Crippen LogP contribution in [0.2, 0.25) is 5.02 Å².